The number of halogens is 2. The van der Waals surface area contributed by atoms with Crippen molar-refractivity contribution >= 4 is 25.1 Å². The fourth-order valence-electron chi connectivity index (χ4n) is 5.63. The SMILES string of the molecule is O=C(COC1(CCc2ccc(C3[C@@H](CCC(O)c4ccc(F)cc4)C(=O)N3c3ccc(F)cc3)cc2)COC1)NCP(=O)(O)O. The Hall–Kier alpha value is -3.51. The van der Waals surface area contributed by atoms with Crippen LogP contribution in [0.4, 0.5) is 14.5 Å². The number of hydrogen-bond donors (Lipinski definition) is 4. The van der Waals surface area contributed by atoms with E-state index in [-0.39, 0.29) is 18.6 Å². The quantitative estimate of drug-likeness (QED) is 0.151. The van der Waals surface area contributed by atoms with Gasteiger partial charge in [-0.25, -0.2) is 8.78 Å². The lowest BCUT2D eigenvalue weighted by atomic mass is 9.78. The smallest absolute Gasteiger partial charge is 0.344 e. The zero-order valence-electron chi connectivity index (χ0n) is 24.4. The van der Waals surface area contributed by atoms with E-state index >= 15 is 0 Å². The van der Waals surface area contributed by atoms with Crippen LogP contribution in [0.25, 0.3) is 0 Å². The molecule has 0 aromatic heterocycles. The first kappa shape index (κ1) is 32.9. The summed E-state index contributed by atoms with van der Waals surface area (Å²) in [6.45, 7) is 0.229. The molecule has 2 saturated heterocycles. The maximum Gasteiger partial charge on any atom is 0.344 e. The van der Waals surface area contributed by atoms with Crippen molar-refractivity contribution in [3.8, 4) is 0 Å². The Morgan fingerprint density at radius 1 is 1.02 bits per heavy atom. The van der Waals surface area contributed by atoms with Gasteiger partial charge in [-0.2, -0.15) is 0 Å². The van der Waals surface area contributed by atoms with E-state index in [4.69, 9.17) is 19.3 Å². The summed E-state index contributed by atoms with van der Waals surface area (Å²) in [4.78, 5) is 44.8. The number of aliphatic hydroxyl groups excluding tert-OH is 1. The zero-order valence-corrected chi connectivity index (χ0v) is 25.2. The van der Waals surface area contributed by atoms with Gasteiger partial charge in [0.25, 0.3) is 0 Å². The molecule has 13 heteroatoms. The molecular formula is C32H35F2N2O8P. The minimum atomic E-state index is -4.36. The number of rotatable bonds is 14. The molecule has 5 rings (SSSR count). The number of carbonyl (C=O) groups is 2. The molecule has 2 unspecified atom stereocenters. The van der Waals surface area contributed by atoms with Gasteiger partial charge < -0.3 is 34.6 Å². The molecule has 240 valence electrons. The Kier molecular flexibility index (Phi) is 10.1. The number of anilines is 1. The van der Waals surface area contributed by atoms with Crippen molar-refractivity contribution in [2.45, 2.75) is 43.4 Å². The average Bonchev–Trinajstić information content (AvgIpc) is 2.99. The van der Waals surface area contributed by atoms with Gasteiger partial charge in [0.1, 0.15) is 30.1 Å². The second-order valence-electron chi connectivity index (χ2n) is 11.5. The van der Waals surface area contributed by atoms with Crippen LogP contribution in [-0.2, 0) is 30.0 Å². The van der Waals surface area contributed by atoms with Gasteiger partial charge in [-0.15, -0.1) is 0 Å². The summed E-state index contributed by atoms with van der Waals surface area (Å²) < 4.78 is 49.0. The molecule has 2 fully saturated rings. The summed E-state index contributed by atoms with van der Waals surface area (Å²) >= 11 is 0. The minimum absolute atomic E-state index is 0.129. The minimum Gasteiger partial charge on any atom is -0.388 e. The van der Waals surface area contributed by atoms with Crippen LogP contribution in [0.5, 0.6) is 0 Å². The monoisotopic (exact) mass is 644 g/mol. The summed E-state index contributed by atoms with van der Waals surface area (Å²) in [6, 6.07) is 18.8. The molecule has 2 aliphatic rings. The highest BCUT2D eigenvalue weighted by molar-refractivity contribution is 7.51. The van der Waals surface area contributed by atoms with Crippen molar-refractivity contribution in [2.24, 2.45) is 5.92 Å². The van der Waals surface area contributed by atoms with Crippen LogP contribution in [0.2, 0.25) is 0 Å². The highest BCUT2D eigenvalue weighted by atomic mass is 31.2. The molecule has 45 heavy (non-hydrogen) atoms. The van der Waals surface area contributed by atoms with Crippen molar-refractivity contribution in [2.75, 3.05) is 31.0 Å². The molecule has 2 amide bonds. The van der Waals surface area contributed by atoms with Gasteiger partial charge in [-0.1, -0.05) is 36.4 Å². The van der Waals surface area contributed by atoms with Crippen LogP contribution < -0.4 is 10.2 Å². The fourth-order valence-corrected chi connectivity index (χ4v) is 6.02. The van der Waals surface area contributed by atoms with E-state index in [9.17, 15) is 28.0 Å². The molecule has 3 aromatic carbocycles. The molecule has 0 aliphatic carbocycles. The largest absolute Gasteiger partial charge is 0.388 e. The topological polar surface area (TPSA) is 146 Å². The Balaban J connectivity index is 1.23. The van der Waals surface area contributed by atoms with Gasteiger partial charge in [-0.05, 0) is 78.8 Å². The number of β-lactam (4-membered cyclic amide) rings is 1. The van der Waals surface area contributed by atoms with E-state index in [0.717, 1.165) is 11.1 Å². The van der Waals surface area contributed by atoms with E-state index in [1.165, 1.54) is 36.4 Å². The maximum absolute atomic E-state index is 13.6. The number of benzene rings is 3. The normalized spacial score (nSPS) is 19.8. The summed E-state index contributed by atoms with van der Waals surface area (Å²) in [6.07, 6.45) is 0.228. The lowest BCUT2D eigenvalue weighted by Gasteiger charge is -2.48. The first-order chi connectivity index (χ1) is 21.4. The van der Waals surface area contributed by atoms with Crippen molar-refractivity contribution < 1.29 is 47.3 Å². The summed E-state index contributed by atoms with van der Waals surface area (Å²) in [7, 11) is -4.36. The van der Waals surface area contributed by atoms with Crippen LogP contribution in [-0.4, -0.2) is 58.4 Å². The Morgan fingerprint density at radius 2 is 1.64 bits per heavy atom. The molecule has 2 aliphatic heterocycles. The predicted molar refractivity (Wildman–Crippen MR) is 160 cm³/mol. The molecule has 0 radical (unpaired) electrons. The first-order valence-electron chi connectivity index (χ1n) is 14.6. The van der Waals surface area contributed by atoms with Crippen molar-refractivity contribution in [1.29, 1.82) is 0 Å². The Morgan fingerprint density at radius 3 is 2.22 bits per heavy atom. The number of aliphatic hydroxyl groups is 1. The summed E-state index contributed by atoms with van der Waals surface area (Å²) in [5.41, 5.74) is 2.32. The molecule has 3 aromatic rings. The van der Waals surface area contributed by atoms with Crippen LogP contribution in [0, 0.1) is 17.6 Å². The maximum atomic E-state index is 13.6. The van der Waals surface area contributed by atoms with E-state index in [1.54, 1.807) is 17.0 Å². The second-order valence-corrected chi connectivity index (χ2v) is 13.2. The van der Waals surface area contributed by atoms with E-state index < -0.39 is 49.0 Å². The molecule has 10 nitrogen and oxygen atoms in total. The number of amides is 2. The standard InChI is InChI=1S/C32H35F2N2O8P/c33-24-7-5-22(6-8-24)28(37)14-13-27-30(36(31(27)39)26-11-9-25(34)10-12-26)23-3-1-21(2-4-23)15-16-32(18-43-19-32)44-17-29(38)35-20-45(40,41)42/h1-12,27-28,30,37H,13-20H2,(H,35,38)(H2,40,41,42)/t27-,28?,30?/m1/s1. The lowest BCUT2D eigenvalue weighted by molar-refractivity contribution is -0.212. The van der Waals surface area contributed by atoms with Crippen molar-refractivity contribution in [1.82, 2.24) is 5.32 Å². The highest BCUT2D eigenvalue weighted by Crippen LogP contribution is 2.46. The number of aryl methyl sites for hydroxylation is 1. The highest BCUT2D eigenvalue weighted by Gasteiger charge is 2.48. The number of nitrogens with one attached hydrogen (secondary N) is 1. The molecule has 0 saturated carbocycles. The third kappa shape index (κ3) is 8.21. The summed E-state index contributed by atoms with van der Waals surface area (Å²) in [5, 5.41) is 12.8. The van der Waals surface area contributed by atoms with Crippen LogP contribution >= 0.6 is 7.60 Å². The first-order valence-corrected chi connectivity index (χ1v) is 16.4. The van der Waals surface area contributed by atoms with Gasteiger partial charge in [-0.3, -0.25) is 14.2 Å². The number of carbonyl (C=O) groups excluding carboxylic acids is 2. The summed E-state index contributed by atoms with van der Waals surface area (Å²) in [5.74, 6) is -1.99. The average molecular weight is 645 g/mol. The molecule has 3 atom stereocenters. The van der Waals surface area contributed by atoms with Crippen molar-refractivity contribution in [3.63, 3.8) is 0 Å². The van der Waals surface area contributed by atoms with Crippen LogP contribution in [0.1, 0.15) is 48.1 Å². The Bertz CT molecular complexity index is 1530. The van der Waals surface area contributed by atoms with Gasteiger partial charge in [0.15, 0.2) is 0 Å². The molecule has 4 N–H and O–H groups in total. The Labute approximate surface area is 259 Å². The van der Waals surface area contributed by atoms with Crippen LogP contribution in [0.15, 0.2) is 72.8 Å². The van der Waals surface area contributed by atoms with Gasteiger partial charge >= 0.3 is 7.60 Å². The molecule has 2 heterocycles. The number of hydrogen-bond acceptors (Lipinski definition) is 6. The van der Waals surface area contributed by atoms with Crippen LogP contribution in [0.3, 0.4) is 0 Å². The fraction of sp³-hybridized carbons (Fsp3) is 0.375. The van der Waals surface area contributed by atoms with Gasteiger partial charge in [0.05, 0.1) is 31.3 Å². The third-order valence-corrected chi connectivity index (χ3v) is 8.81. The number of nitrogens with zero attached hydrogens (tertiary/aromatic N) is 1. The molecular weight excluding hydrogens is 609 g/mol. The van der Waals surface area contributed by atoms with E-state index in [2.05, 4.69) is 5.32 Å². The molecule has 0 bridgehead atoms. The van der Waals surface area contributed by atoms with Crippen molar-refractivity contribution in [3.05, 3.63) is 101 Å². The van der Waals surface area contributed by atoms with Gasteiger partial charge in [0.2, 0.25) is 11.8 Å². The second kappa shape index (κ2) is 13.9. The van der Waals surface area contributed by atoms with E-state index in [0.29, 0.717) is 50.1 Å². The van der Waals surface area contributed by atoms with Gasteiger partial charge in [0, 0.05) is 5.69 Å². The predicted octanol–water partition coefficient (Wildman–Crippen LogP) is 4.15. The number of ether oxygens (including phenoxy) is 2. The molecule has 0 spiro atoms. The zero-order chi connectivity index (χ0) is 32.2. The lowest BCUT2D eigenvalue weighted by Crippen LogP contribution is -2.55. The van der Waals surface area contributed by atoms with E-state index in [1.807, 2.05) is 24.3 Å². The third-order valence-electron chi connectivity index (χ3n) is 8.24.